The smallest absolute Gasteiger partial charge is 0.315 e. The predicted octanol–water partition coefficient (Wildman–Crippen LogP) is 5.09. The maximum Gasteiger partial charge on any atom is 0.315 e. The molecule has 2 N–H and O–H groups in total. The van der Waals surface area contributed by atoms with E-state index < -0.39 is 57.1 Å². The lowest BCUT2D eigenvalue weighted by Crippen LogP contribution is -2.60. The van der Waals surface area contributed by atoms with Crippen LogP contribution >= 0.6 is 0 Å². The zero-order valence-corrected chi connectivity index (χ0v) is 33.2. The summed E-state index contributed by atoms with van der Waals surface area (Å²) in [6, 6.07) is 1.74. The van der Waals surface area contributed by atoms with Crippen LogP contribution in [0, 0.1) is 41.4 Å². The quantitative estimate of drug-likeness (QED) is 0.119. The Morgan fingerprint density at radius 3 is 2.43 bits per heavy atom. The van der Waals surface area contributed by atoms with E-state index in [1.807, 2.05) is 20.8 Å². The summed E-state index contributed by atoms with van der Waals surface area (Å²) in [6.45, 7) is 9.67. The zero-order chi connectivity index (χ0) is 39.6. The summed E-state index contributed by atoms with van der Waals surface area (Å²) in [4.78, 5) is 74.6. The highest BCUT2D eigenvalue weighted by Crippen LogP contribution is 2.44. The maximum absolute atomic E-state index is 14.8. The summed E-state index contributed by atoms with van der Waals surface area (Å²) < 4.78 is 27.8. The molecule has 3 amide bonds. The number of ketones is 3. The summed E-state index contributed by atoms with van der Waals surface area (Å²) in [6.07, 6.45) is 16.0. The fraction of sp³-hybridized carbons (Fsp3) is 0.659. The number of carbonyl (C=O) groups excluding carboxylic acids is 5. The van der Waals surface area contributed by atoms with Crippen LogP contribution in [0.5, 0.6) is 0 Å². The van der Waals surface area contributed by atoms with Crippen LogP contribution in [0.15, 0.2) is 42.1 Å². The molecule has 3 fully saturated rings. The Kier molecular flexibility index (Phi) is 15.2. The Morgan fingerprint density at radius 2 is 1.80 bits per heavy atom. The number of allylic oxidation sites excluding steroid dienone is 1. The number of likely N-dealkylation sites (N-methyl/N-ethyl adjacent to an activating group) is 1. The van der Waals surface area contributed by atoms with Gasteiger partial charge in [-0.25, -0.2) is 18.2 Å². The molecule has 0 spiro atoms. The third-order valence-corrected chi connectivity index (χ3v) is 13.3. The summed E-state index contributed by atoms with van der Waals surface area (Å²) in [7, 11) is -2.50. The first-order valence-corrected chi connectivity index (χ1v) is 20.9. The molecule has 4 rings (SSSR count). The summed E-state index contributed by atoms with van der Waals surface area (Å²) >= 11 is 0. The lowest BCUT2D eigenvalue weighted by molar-refractivity contribution is -0.143. The average Bonchev–Trinajstić information content (AvgIpc) is 3.76. The maximum atomic E-state index is 14.8. The van der Waals surface area contributed by atoms with Gasteiger partial charge in [0.15, 0.2) is 16.6 Å². The van der Waals surface area contributed by atoms with Crippen molar-refractivity contribution in [3.63, 3.8) is 0 Å². The van der Waals surface area contributed by atoms with Crippen LogP contribution in [0.25, 0.3) is 0 Å². The molecule has 13 heteroatoms. The molecule has 2 aliphatic carbocycles. The summed E-state index contributed by atoms with van der Waals surface area (Å²) in [5.74, 6) is -0.162. The van der Waals surface area contributed by atoms with Gasteiger partial charge in [0, 0.05) is 57.6 Å². The van der Waals surface area contributed by atoms with E-state index in [4.69, 9.17) is 6.42 Å². The molecule has 0 radical (unpaired) electrons. The predicted molar refractivity (Wildman–Crippen MR) is 206 cm³/mol. The van der Waals surface area contributed by atoms with Gasteiger partial charge in [0.1, 0.15) is 6.04 Å². The van der Waals surface area contributed by atoms with Crippen molar-refractivity contribution in [1.82, 2.24) is 24.8 Å². The molecule has 6 atom stereocenters. The van der Waals surface area contributed by atoms with E-state index in [1.165, 1.54) is 23.6 Å². The van der Waals surface area contributed by atoms with Gasteiger partial charge in [0.2, 0.25) is 11.7 Å². The second-order valence-electron chi connectivity index (χ2n) is 16.4. The number of pyridine rings is 1. The standard InChI is InChI=1S/C41H59N5O7S/c1-7-9-17-29(38(49)32(47)22-10-8-2)25-33(48)37-31-21-16-20-30(31)26-46(37)39(50)36(28-18-12-11-13-19-28)44-40(51)43-34(41(3,4)5)27-45(6)54(52,53)35-23-14-15-24-42-35/h1,8,14-15,23-24,28-31,34,36-37H,2,9-13,16-22,25-27H2,3-6H3,(H2,43,44,51)/t29?,30-,31-,34+,36-,37-/m0/s1. The lowest BCUT2D eigenvalue weighted by atomic mass is 9.82. The number of terminal acetylenes is 1. The number of sulfonamides is 1. The van der Waals surface area contributed by atoms with E-state index in [0.29, 0.717) is 13.0 Å². The SMILES string of the molecule is C#CCCC(CC(=O)[C@@H]1[C@H]2CCC[C@H]2CN1C(=O)[C@@H](NC(=O)N[C@H](CN(C)S(=O)(=O)c1ccccn1)C(C)(C)C)C1CCCCC1)C(=O)C(=O)CCC=C. The Balaban J connectivity index is 1.56. The first-order valence-electron chi connectivity index (χ1n) is 19.5. The topological polar surface area (TPSA) is 163 Å². The highest BCUT2D eigenvalue weighted by molar-refractivity contribution is 7.89. The van der Waals surface area contributed by atoms with Crippen molar-refractivity contribution in [3.05, 3.63) is 37.1 Å². The third kappa shape index (κ3) is 10.7. The van der Waals surface area contributed by atoms with Gasteiger partial charge in [-0.05, 0) is 73.8 Å². The van der Waals surface area contributed by atoms with E-state index >= 15 is 0 Å². The number of hydrogen-bond donors (Lipinski definition) is 2. The van der Waals surface area contributed by atoms with Gasteiger partial charge >= 0.3 is 6.03 Å². The molecule has 1 aromatic rings. The molecule has 1 unspecified atom stereocenters. The molecule has 1 saturated heterocycles. The van der Waals surface area contributed by atoms with Crippen molar-refractivity contribution in [2.24, 2.45) is 29.1 Å². The first kappa shape index (κ1) is 42.8. The summed E-state index contributed by atoms with van der Waals surface area (Å²) in [5, 5.41) is 5.87. The Labute approximate surface area is 321 Å². The molecule has 296 valence electrons. The lowest BCUT2D eigenvalue weighted by Gasteiger charge is -2.37. The number of amides is 3. The normalized spacial score (nSPS) is 22.1. The first-order chi connectivity index (χ1) is 25.6. The molecule has 54 heavy (non-hydrogen) atoms. The van der Waals surface area contributed by atoms with Crippen molar-refractivity contribution in [3.8, 4) is 12.3 Å². The van der Waals surface area contributed by atoms with Gasteiger partial charge in [-0.3, -0.25) is 19.2 Å². The number of aromatic nitrogens is 1. The fourth-order valence-electron chi connectivity index (χ4n) is 8.40. The Bertz CT molecular complexity index is 1660. The summed E-state index contributed by atoms with van der Waals surface area (Å²) in [5.41, 5.74) is -0.569. The number of rotatable bonds is 18. The van der Waals surface area contributed by atoms with Gasteiger partial charge in [-0.15, -0.1) is 18.9 Å². The highest BCUT2D eigenvalue weighted by Gasteiger charge is 2.51. The molecular weight excluding hydrogens is 707 g/mol. The zero-order valence-electron chi connectivity index (χ0n) is 32.4. The van der Waals surface area contributed by atoms with E-state index in [9.17, 15) is 32.4 Å². The van der Waals surface area contributed by atoms with Gasteiger partial charge in [0.25, 0.3) is 10.0 Å². The minimum absolute atomic E-state index is 0.0189. The number of nitrogens with one attached hydrogen (secondary N) is 2. The minimum Gasteiger partial charge on any atom is -0.334 e. The second kappa shape index (κ2) is 19.1. The van der Waals surface area contributed by atoms with Crippen molar-refractivity contribution in [2.45, 2.75) is 127 Å². The number of carbonyl (C=O) groups is 5. The molecule has 2 heterocycles. The number of Topliss-reactive ketones (excluding diaryl/α,β-unsaturated/α-hetero) is 3. The monoisotopic (exact) mass is 765 g/mol. The number of urea groups is 1. The van der Waals surface area contributed by atoms with Gasteiger partial charge in [-0.2, -0.15) is 4.31 Å². The third-order valence-electron chi connectivity index (χ3n) is 11.6. The molecule has 3 aliphatic rings. The van der Waals surface area contributed by atoms with E-state index in [1.54, 1.807) is 23.1 Å². The molecule has 2 saturated carbocycles. The number of fused-ring (bicyclic) bond motifs is 1. The number of hydrogen-bond acceptors (Lipinski definition) is 8. The van der Waals surface area contributed by atoms with Crippen LogP contribution in [0.4, 0.5) is 4.79 Å². The average molecular weight is 766 g/mol. The molecular formula is C41H59N5O7S. The Morgan fingerprint density at radius 1 is 1.07 bits per heavy atom. The van der Waals surface area contributed by atoms with Crippen molar-refractivity contribution in [1.29, 1.82) is 0 Å². The molecule has 0 bridgehead atoms. The molecule has 0 aromatic carbocycles. The van der Waals surface area contributed by atoms with E-state index in [2.05, 4.69) is 28.1 Å². The largest absolute Gasteiger partial charge is 0.334 e. The van der Waals surface area contributed by atoms with E-state index in [0.717, 1.165) is 51.4 Å². The van der Waals surface area contributed by atoms with Crippen LogP contribution in [0.1, 0.15) is 104 Å². The van der Waals surface area contributed by atoms with E-state index in [-0.39, 0.29) is 66.7 Å². The van der Waals surface area contributed by atoms with Crippen molar-refractivity contribution in [2.75, 3.05) is 20.1 Å². The van der Waals surface area contributed by atoms with Crippen LogP contribution in [0.3, 0.4) is 0 Å². The van der Waals surface area contributed by atoms with Crippen LogP contribution in [-0.4, -0.2) is 90.2 Å². The van der Waals surface area contributed by atoms with Gasteiger partial charge in [-0.1, -0.05) is 58.6 Å². The minimum atomic E-state index is -3.94. The molecule has 1 aromatic heterocycles. The van der Waals surface area contributed by atoms with Crippen molar-refractivity contribution >= 4 is 39.3 Å². The number of nitrogens with zero attached hydrogens (tertiary/aromatic N) is 3. The second-order valence-corrected chi connectivity index (χ2v) is 18.4. The van der Waals surface area contributed by atoms with Crippen LogP contribution < -0.4 is 10.6 Å². The van der Waals surface area contributed by atoms with Gasteiger partial charge < -0.3 is 15.5 Å². The molecule has 1 aliphatic heterocycles. The molecule has 12 nitrogen and oxygen atoms in total. The van der Waals surface area contributed by atoms with Crippen molar-refractivity contribution < 1.29 is 32.4 Å². The Hall–Kier alpha value is -3.89. The van der Waals surface area contributed by atoms with Crippen LogP contribution in [-0.2, 0) is 29.2 Å². The van der Waals surface area contributed by atoms with Crippen LogP contribution in [0.2, 0.25) is 0 Å². The van der Waals surface area contributed by atoms with Gasteiger partial charge in [0.05, 0.1) is 6.04 Å². The highest BCUT2D eigenvalue weighted by atomic mass is 32.2. The fourth-order valence-corrected chi connectivity index (χ4v) is 9.50. The number of likely N-dealkylation sites (tertiary alicyclic amines) is 1.